The van der Waals surface area contributed by atoms with Crippen LogP contribution < -0.4 is 10.2 Å². The number of anilines is 3. The lowest BCUT2D eigenvalue weighted by atomic mass is 10.2. The molecule has 0 saturated heterocycles. The van der Waals surface area contributed by atoms with Crippen molar-refractivity contribution in [1.29, 1.82) is 0 Å². The maximum atomic E-state index is 12.9. The van der Waals surface area contributed by atoms with E-state index in [-0.39, 0.29) is 11.7 Å². The predicted molar refractivity (Wildman–Crippen MR) is 90.9 cm³/mol. The van der Waals surface area contributed by atoms with E-state index in [0.29, 0.717) is 17.2 Å². The van der Waals surface area contributed by atoms with Crippen molar-refractivity contribution in [2.75, 3.05) is 17.3 Å². The van der Waals surface area contributed by atoms with Crippen LogP contribution in [0.1, 0.15) is 10.4 Å². The van der Waals surface area contributed by atoms with Crippen molar-refractivity contribution in [1.82, 2.24) is 9.97 Å². The van der Waals surface area contributed by atoms with Crippen LogP contribution in [0.3, 0.4) is 0 Å². The molecule has 0 aliphatic rings. The molecule has 24 heavy (non-hydrogen) atoms. The van der Waals surface area contributed by atoms with Crippen LogP contribution >= 0.6 is 0 Å². The van der Waals surface area contributed by atoms with E-state index in [9.17, 15) is 9.18 Å². The molecule has 0 unspecified atom stereocenters. The lowest BCUT2D eigenvalue weighted by molar-refractivity contribution is 0.102. The van der Waals surface area contributed by atoms with Gasteiger partial charge in [0.05, 0.1) is 5.56 Å². The Kier molecular flexibility index (Phi) is 4.47. The molecule has 1 amide bonds. The van der Waals surface area contributed by atoms with Crippen LogP contribution in [0.4, 0.5) is 21.7 Å². The zero-order valence-corrected chi connectivity index (χ0v) is 13.0. The summed E-state index contributed by atoms with van der Waals surface area (Å²) in [5.74, 6) is -0.223. The number of benzene rings is 2. The van der Waals surface area contributed by atoms with Crippen LogP contribution in [0.5, 0.6) is 0 Å². The minimum absolute atomic E-state index is 0.324. The molecule has 1 N–H and O–H groups in total. The maximum absolute atomic E-state index is 12.9. The Balaban J connectivity index is 1.72. The van der Waals surface area contributed by atoms with E-state index in [1.54, 1.807) is 0 Å². The first-order valence-electron chi connectivity index (χ1n) is 7.31. The van der Waals surface area contributed by atoms with Gasteiger partial charge < -0.3 is 10.2 Å². The summed E-state index contributed by atoms with van der Waals surface area (Å²) in [4.78, 5) is 22.4. The third-order valence-corrected chi connectivity index (χ3v) is 3.45. The Labute approximate surface area is 138 Å². The second kappa shape index (κ2) is 6.87. The van der Waals surface area contributed by atoms with Gasteiger partial charge in [0.25, 0.3) is 5.91 Å². The van der Waals surface area contributed by atoms with Crippen LogP contribution in [0.2, 0.25) is 0 Å². The molecule has 6 heteroatoms. The van der Waals surface area contributed by atoms with Gasteiger partial charge in [-0.3, -0.25) is 4.79 Å². The number of hydrogen-bond donors (Lipinski definition) is 1. The van der Waals surface area contributed by atoms with Crippen molar-refractivity contribution in [3.8, 4) is 0 Å². The number of carbonyl (C=O) groups is 1. The third kappa shape index (κ3) is 3.55. The van der Waals surface area contributed by atoms with E-state index in [2.05, 4.69) is 15.3 Å². The molecule has 0 aliphatic heterocycles. The highest BCUT2D eigenvalue weighted by Gasteiger charge is 2.10. The Hall–Kier alpha value is -3.28. The number of carbonyl (C=O) groups excluding carboxylic acids is 1. The first-order chi connectivity index (χ1) is 11.6. The van der Waals surface area contributed by atoms with Gasteiger partial charge in [0.1, 0.15) is 5.82 Å². The smallest absolute Gasteiger partial charge is 0.258 e. The van der Waals surface area contributed by atoms with Gasteiger partial charge in [-0.2, -0.15) is 0 Å². The molecule has 1 aromatic heterocycles. The highest BCUT2D eigenvalue weighted by Crippen LogP contribution is 2.19. The zero-order valence-electron chi connectivity index (χ0n) is 13.0. The van der Waals surface area contributed by atoms with Gasteiger partial charge in [0.2, 0.25) is 5.95 Å². The lowest BCUT2D eigenvalue weighted by Crippen LogP contribution is -2.16. The highest BCUT2D eigenvalue weighted by atomic mass is 19.1. The normalized spacial score (nSPS) is 10.2. The summed E-state index contributed by atoms with van der Waals surface area (Å²) < 4.78 is 12.9. The fourth-order valence-electron chi connectivity index (χ4n) is 2.12. The van der Waals surface area contributed by atoms with Crippen molar-refractivity contribution >= 4 is 23.2 Å². The van der Waals surface area contributed by atoms with E-state index in [0.717, 1.165) is 5.69 Å². The monoisotopic (exact) mass is 322 g/mol. The van der Waals surface area contributed by atoms with Gasteiger partial charge in [-0.15, -0.1) is 0 Å². The van der Waals surface area contributed by atoms with E-state index >= 15 is 0 Å². The van der Waals surface area contributed by atoms with Crippen LogP contribution in [-0.2, 0) is 0 Å². The van der Waals surface area contributed by atoms with E-state index in [1.807, 2.05) is 42.3 Å². The Morgan fingerprint density at radius 1 is 1.00 bits per heavy atom. The number of hydrogen-bond acceptors (Lipinski definition) is 4. The van der Waals surface area contributed by atoms with Crippen molar-refractivity contribution < 1.29 is 9.18 Å². The molecule has 2 aromatic carbocycles. The molecule has 3 rings (SSSR count). The molecular weight excluding hydrogens is 307 g/mol. The highest BCUT2D eigenvalue weighted by molar-refractivity contribution is 6.03. The van der Waals surface area contributed by atoms with Crippen LogP contribution in [0, 0.1) is 5.82 Å². The molecule has 0 saturated carbocycles. The van der Waals surface area contributed by atoms with Crippen molar-refractivity contribution in [2.24, 2.45) is 0 Å². The molecule has 5 nitrogen and oxygen atoms in total. The first kappa shape index (κ1) is 15.6. The number of nitrogens with zero attached hydrogens (tertiary/aromatic N) is 3. The summed E-state index contributed by atoms with van der Waals surface area (Å²) in [5.41, 5.74) is 1.78. The number of nitrogens with one attached hydrogen (secondary N) is 1. The van der Waals surface area contributed by atoms with E-state index < -0.39 is 0 Å². The number of para-hydroxylation sites is 1. The maximum Gasteiger partial charge on any atom is 0.258 e. The van der Waals surface area contributed by atoms with Gasteiger partial charge in [0.15, 0.2) is 0 Å². The molecule has 0 spiro atoms. The van der Waals surface area contributed by atoms with Crippen LogP contribution in [0.25, 0.3) is 0 Å². The van der Waals surface area contributed by atoms with Gasteiger partial charge in [-0.05, 0) is 36.4 Å². The number of amides is 1. The molecular formula is C18H15FN4O. The molecule has 0 fully saturated rings. The summed E-state index contributed by atoms with van der Waals surface area (Å²) in [7, 11) is 1.85. The summed E-state index contributed by atoms with van der Waals surface area (Å²) in [6.45, 7) is 0. The molecule has 0 bridgehead atoms. The fraction of sp³-hybridized carbons (Fsp3) is 0.0556. The third-order valence-electron chi connectivity index (χ3n) is 3.45. The number of rotatable bonds is 4. The first-order valence-corrected chi connectivity index (χ1v) is 7.31. The van der Waals surface area contributed by atoms with Gasteiger partial charge in [0, 0.05) is 30.8 Å². The van der Waals surface area contributed by atoms with Gasteiger partial charge >= 0.3 is 0 Å². The average Bonchev–Trinajstić information content (AvgIpc) is 2.64. The zero-order chi connectivity index (χ0) is 16.9. The average molecular weight is 322 g/mol. The van der Waals surface area contributed by atoms with Crippen molar-refractivity contribution in [2.45, 2.75) is 0 Å². The second-order valence-corrected chi connectivity index (χ2v) is 5.13. The molecule has 0 radical (unpaired) electrons. The van der Waals surface area contributed by atoms with Crippen molar-refractivity contribution in [3.63, 3.8) is 0 Å². The minimum atomic E-state index is -0.357. The molecule has 0 aliphatic carbocycles. The van der Waals surface area contributed by atoms with Crippen LogP contribution in [-0.4, -0.2) is 22.9 Å². The summed E-state index contributed by atoms with van der Waals surface area (Å²) in [6, 6.07) is 15.2. The lowest BCUT2D eigenvalue weighted by Gasteiger charge is -2.16. The number of aromatic nitrogens is 2. The van der Waals surface area contributed by atoms with Gasteiger partial charge in [-0.25, -0.2) is 14.4 Å². The number of halogens is 1. The van der Waals surface area contributed by atoms with Crippen molar-refractivity contribution in [3.05, 3.63) is 78.4 Å². The molecule has 0 atom stereocenters. The summed E-state index contributed by atoms with van der Waals surface area (Å²) >= 11 is 0. The summed E-state index contributed by atoms with van der Waals surface area (Å²) in [5, 5.41) is 2.67. The SMILES string of the molecule is CN(c1ccccc1)c1ncc(C(=O)Nc2ccc(F)cc2)cn1. The Morgan fingerprint density at radius 3 is 2.25 bits per heavy atom. The summed E-state index contributed by atoms with van der Waals surface area (Å²) in [6.07, 6.45) is 2.92. The molecule has 120 valence electrons. The van der Waals surface area contributed by atoms with Gasteiger partial charge in [-0.1, -0.05) is 18.2 Å². The molecule has 3 aromatic rings. The molecule has 1 heterocycles. The predicted octanol–water partition coefficient (Wildman–Crippen LogP) is 3.64. The largest absolute Gasteiger partial charge is 0.322 e. The van der Waals surface area contributed by atoms with Crippen LogP contribution in [0.15, 0.2) is 67.0 Å². The quantitative estimate of drug-likeness (QED) is 0.797. The van der Waals surface area contributed by atoms with E-state index in [4.69, 9.17) is 0 Å². The Bertz CT molecular complexity index is 820. The van der Waals surface area contributed by atoms with E-state index in [1.165, 1.54) is 36.7 Å². The second-order valence-electron chi connectivity index (χ2n) is 5.13. The topological polar surface area (TPSA) is 58.1 Å². The Morgan fingerprint density at radius 2 is 1.62 bits per heavy atom. The minimum Gasteiger partial charge on any atom is -0.322 e. The standard InChI is InChI=1S/C18H15FN4O/c1-23(16-5-3-2-4-6-16)18-20-11-13(12-21-18)17(24)22-15-9-7-14(19)8-10-15/h2-12H,1H3,(H,22,24). The fourth-order valence-corrected chi connectivity index (χ4v) is 2.12.